The van der Waals surface area contributed by atoms with Gasteiger partial charge in [-0.3, -0.25) is 9.78 Å². The predicted molar refractivity (Wildman–Crippen MR) is 70.4 cm³/mol. The van der Waals surface area contributed by atoms with E-state index in [-0.39, 0.29) is 5.91 Å². The molecule has 0 unspecified atom stereocenters. The van der Waals surface area contributed by atoms with Gasteiger partial charge < -0.3 is 15.0 Å². The highest BCUT2D eigenvalue weighted by Crippen LogP contribution is 2.00. The first-order valence-corrected chi connectivity index (χ1v) is 6.19. The number of carbonyl (C=O) groups is 2. The van der Waals surface area contributed by atoms with Crippen LogP contribution in [0.25, 0.3) is 0 Å². The van der Waals surface area contributed by atoms with E-state index < -0.39 is 6.09 Å². The molecular weight excluding hydrogens is 246 g/mol. The van der Waals surface area contributed by atoms with Gasteiger partial charge in [-0.05, 0) is 19.1 Å². The van der Waals surface area contributed by atoms with Crippen LogP contribution in [0.2, 0.25) is 0 Å². The minimum Gasteiger partial charge on any atom is -0.450 e. The van der Waals surface area contributed by atoms with Crippen LogP contribution in [0.4, 0.5) is 4.79 Å². The molecule has 6 nitrogen and oxygen atoms in total. The van der Waals surface area contributed by atoms with Crippen LogP contribution in [-0.2, 0) is 16.1 Å². The van der Waals surface area contributed by atoms with Crippen molar-refractivity contribution in [2.24, 2.45) is 0 Å². The van der Waals surface area contributed by atoms with Gasteiger partial charge in [0.15, 0.2) is 0 Å². The molecule has 0 aliphatic rings. The van der Waals surface area contributed by atoms with E-state index in [4.69, 9.17) is 4.74 Å². The molecular formula is C13H19N3O3. The molecule has 1 heterocycles. The van der Waals surface area contributed by atoms with Gasteiger partial charge in [0, 0.05) is 26.2 Å². The lowest BCUT2D eigenvalue weighted by Crippen LogP contribution is -2.37. The molecule has 0 bridgehead atoms. The Morgan fingerprint density at radius 3 is 2.79 bits per heavy atom. The number of ether oxygens (including phenoxy) is 1. The van der Waals surface area contributed by atoms with Crippen molar-refractivity contribution in [3.8, 4) is 0 Å². The van der Waals surface area contributed by atoms with Crippen molar-refractivity contribution in [1.29, 1.82) is 0 Å². The van der Waals surface area contributed by atoms with E-state index in [1.165, 1.54) is 6.92 Å². The molecule has 0 atom stereocenters. The maximum atomic E-state index is 11.5. The average Bonchev–Trinajstić information content (AvgIpc) is 2.39. The quantitative estimate of drug-likeness (QED) is 0.838. The van der Waals surface area contributed by atoms with Crippen molar-refractivity contribution in [1.82, 2.24) is 15.2 Å². The van der Waals surface area contributed by atoms with Crippen molar-refractivity contribution in [2.45, 2.75) is 20.4 Å². The number of alkyl carbamates (subject to hydrolysis) is 1. The summed E-state index contributed by atoms with van der Waals surface area (Å²) in [5.41, 5.74) is 0.814. The van der Waals surface area contributed by atoms with Crippen LogP contribution in [0.15, 0.2) is 24.4 Å². The number of hydrogen-bond acceptors (Lipinski definition) is 4. The number of rotatable bonds is 6. The number of carbonyl (C=O) groups excluding carboxylic acids is 2. The number of nitrogens with zero attached hydrogens (tertiary/aromatic N) is 2. The third-order valence-electron chi connectivity index (χ3n) is 2.45. The van der Waals surface area contributed by atoms with Gasteiger partial charge in [-0.1, -0.05) is 6.07 Å². The second-order valence-corrected chi connectivity index (χ2v) is 3.91. The lowest BCUT2D eigenvalue weighted by molar-refractivity contribution is -0.129. The standard InChI is InChI=1S/C13H19N3O3/c1-3-19-13(18)15-8-9-16(11(2)17)10-12-6-4-5-7-14-12/h4-7H,3,8-10H2,1-2H3,(H,15,18). The van der Waals surface area contributed by atoms with E-state index in [9.17, 15) is 9.59 Å². The molecule has 104 valence electrons. The van der Waals surface area contributed by atoms with E-state index in [1.807, 2.05) is 18.2 Å². The first kappa shape index (κ1) is 14.9. The summed E-state index contributed by atoms with van der Waals surface area (Å²) in [6, 6.07) is 5.55. The number of hydrogen-bond donors (Lipinski definition) is 1. The van der Waals surface area contributed by atoms with Gasteiger partial charge in [-0.15, -0.1) is 0 Å². The highest BCUT2D eigenvalue weighted by Gasteiger charge is 2.10. The van der Waals surface area contributed by atoms with Gasteiger partial charge >= 0.3 is 6.09 Å². The van der Waals surface area contributed by atoms with Gasteiger partial charge in [-0.2, -0.15) is 0 Å². The smallest absolute Gasteiger partial charge is 0.407 e. The van der Waals surface area contributed by atoms with Gasteiger partial charge in [-0.25, -0.2) is 4.79 Å². The Morgan fingerprint density at radius 1 is 1.42 bits per heavy atom. The minimum atomic E-state index is -0.469. The summed E-state index contributed by atoms with van der Waals surface area (Å²) < 4.78 is 4.74. The molecule has 0 saturated carbocycles. The van der Waals surface area contributed by atoms with Gasteiger partial charge in [0.1, 0.15) is 0 Å². The molecule has 0 radical (unpaired) electrons. The molecule has 0 spiro atoms. The minimum absolute atomic E-state index is 0.0590. The molecule has 1 aromatic rings. The molecule has 0 aliphatic heterocycles. The Bertz CT molecular complexity index is 409. The van der Waals surface area contributed by atoms with E-state index in [1.54, 1.807) is 18.0 Å². The first-order chi connectivity index (χ1) is 9.13. The Hall–Kier alpha value is -2.11. The fourth-order valence-electron chi connectivity index (χ4n) is 1.51. The van der Waals surface area contributed by atoms with Gasteiger partial charge in [0.05, 0.1) is 18.8 Å². The van der Waals surface area contributed by atoms with Gasteiger partial charge in [0.2, 0.25) is 5.91 Å². The largest absolute Gasteiger partial charge is 0.450 e. The Morgan fingerprint density at radius 2 is 2.21 bits per heavy atom. The highest BCUT2D eigenvalue weighted by molar-refractivity contribution is 5.73. The van der Waals surface area contributed by atoms with Crippen LogP contribution in [0.5, 0.6) is 0 Å². The molecule has 1 rings (SSSR count). The molecule has 6 heteroatoms. The zero-order chi connectivity index (χ0) is 14.1. The molecule has 1 N–H and O–H groups in total. The third-order valence-corrected chi connectivity index (χ3v) is 2.45. The Kier molecular flexibility index (Phi) is 6.35. The van der Waals surface area contributed by atoms with E-state index in [0.717, 1.165) is 5.69 Å². The molecule has 1 aromatic heterocycles. The molecule has 0 aromatic carbocycles. The van der Waals surface area contributed by atoms with Crippen molar-refractivity contribution in [2.75, 3.05) is 19.7 Å². The SMILES string of the molecule is CCOC(=O)NCCN(Cc1ccccn1)C(C)=O. The van der Waals surface area contributed by atoms with Crippen molar-refractivity contribution < 1.29 is 14.3 Å². The second kappa shape index (κ2) is 8.07. The summed E-state index contributed by atoms with van der Waals surface area (Å²) in [6.45, 7) is 4.77. The van der Waals surface area contributed by atoms with Crippen LogP contribution < -0.4 is 5.32 Å². The van der Waals surface area contributed by atoms with E-state index >= 15 is 0 Å². The Labute approximate surface area is 112 Å². The van der Waals surface area contributed by atoms with Crippen LogP contribution in [0.1, 0.15) is 19.5 Å². The van der Waals surface area contributed by atoms with Gasteiger partial charge in [0.25, 0.3) is 0 Å². The fourth-order valence-corrected chi connectivity index (χ4v) is 1.51. The number of pyridine rings is 1. The highest BCUT2D eigenvalue weighted by atomic mass is 16.5. The molecule has 0 aliphatic carbocycles. The van der Waals surface area contributed by atoms with Crippen LogP contribution >= 0.6 is 0 Å². The van der Waals surface area contributed by atoms with Crippen molar-refractivity contribution in [3.05, 3.63) is 30.1 Å². The van der Waals surface area contributed by atoms with Crippen LogP contribution in [-0.4, -0.2) is 41.6 Å². The lowest BCUT2D eigenvalue weighted by Gasteiger charge is -2.20. The molecule has 2 amide bonds. The number of nitrogens with one attached hydrogen (secondary N) is 1. The van der Waals surface area contributed by atoms with Crippen LogP contribution in [0.3, 0.4) is 0 Å². The number of amides is 2. The molecule has 0 fully saturated rings. The molecule has 0 saturated heterocycles. The monoisotopic (exact) mass is 265 g/mol. The first-order valence-electron chi connectivity index (χ1n) is 6.19. The van der Waals surface area contributed by atoms with E-state index in [0.29, 0.717) is 26.2 Å². The maximum Gasteiger partial charge on any atom is 0.407 e. The maximum absolute atomic E-state index is 11.5. The van der Waals surface area contributed by atoms with Crippen molar-refractivity contribution in [3.63, 3.8) is 0 Å². The molecule has 19 heavy (non-hydrogen) atoms. The fraction of sp³-hybridized carbons (Fsp3) is 0.462. The van der Waals surface area contributed by atoms with E-state index in [2.05, 4.69) is 10.3 Å². The zero-order valence-electron chi connectivity index (χ0n) is 11.3. The zero-order valence-corrected chi connectivity index (χ0v) is 11.3. The number of aromatic nitrogens is 1. The predicted octanol–water partition coefficient (Wildman–Crippen LogP) is 1.18. The summed E-state index contributed by atoms with van der Waals surface area (Å²) in [4.78, 5) is 28.4. The Balaban J connectivity index is 2.41. The van der Waals surface area contributed by atoms with Crippen molar-refractivity contribution >= 4 is 12.0 Å². The van der Waals surface area contributed by atoms with Crippen LogP contribution in [0, 0.1) is 0 Å². The average molecular weight is 265 g/mol. The lowest BCUT2D eigenvalue weighted by atomic mass is 10.3. The second-order valence-electron chi connectivity index (χ2n) is 3.91. The normalized spacial score (nSPS) is 9.79. The summed E-state index contributed by atoms with van der Waals surface area (Å²) in [5, 5.41) is 2.58. The summed E-state index contributed by atoms with van der Waals surface area (Å²) in [6.07, 6.45) is 1.22. The summed E-state index contributed by atoms with van der Waals surface area (Å²) in [7, 11) is 0. The summed E-state index contributed by atoms with van der Waals surface area (Å²) >= 11 is 0. The topological polar surface area (TPSA) is 71.5 Å². The third kappa shape index (κ3) is 5.85. The summed E-state index contributed by atoms with van der Waals surface area (Å²) in [5.74, 6) is -0.0590.